The van der Waals surface area contributed by atoms with Crippen LogP contribution in [0.15, 0.2) is 0 Å². The van der Waals surface area contributed by atoms with Gasteiger partial charge in [0.2, 0.25) is 0 Å². The fourth-order valence-corrected chi connectivity index (χ4v) is 1.35. The summed E-state index contributed by atoms with van der Waals surface area (Å²) < 4.78 is 10.6. The van der Waals surface area contributed by atoms with Crippen molar-refractivity contribution in [1.29, 1.82) is 0 Å². The van der Waals surface area contributed by atoms with E-state index in [1.54, 1.807) is 0 Å². The van der Waals surface area contributed by atoms with E-state index < -0.39 is 0 Å². The number of carbonyl (C=O) groups excluding carboxylic acids is 2. The Morgan fingerprint density at radius 2 is 1.58 bits per heavy atom. The molecule has 0 rings (SSSR count). The van der Waals surface area contributed by atoms with E-state index in [0.29, 0.717) is 13.2 Å². The molecule has 0 amide bonds. The van der Waals surface area contributed by atoms with Gasteiger partial charge < -0.3 is 9.47 Å². The van der Waals surface area contributed by atoms with Gasteiger partial charge in [-0.1, -0.05) is 13.8 Å². The summed E-state index contributed by atoms with van der Waals surface area (Å²) in [5, 5.41) is 0. The minimum atomic E-state index is -0.286. The van der Waals surface area contributed by atoms with Crippen molar-refractivity contribution in [2.45, 2.75) is 65.9 Å². The highest BCUT2D eigenvalue weighted by atomic mass is 16.5. The lowest BCUT2D eigenvalue weighted by atomic mass is 10.1. The van der Waals surface area contributed by atoms with E-state index in [0.717, 1.165) is 12.8 Å². The molecule has 0 bridgehead atoms. The molecule has 4 heteroatoms. The number of carbonyl (C=O) groups is 2. The first-order valence-electron chi connectivity index (χ1n) is 7.04. The highest BCUT2D eigenvalue weighted by Crippen LogP contribution is 2.08. The Labute approximate surface area is 116 Å². The van der Waals surface area contributed by atoms with Crippen molar-refractivity contribution in [2.24, 2.45) is 5.92 Å². The molecule has 0 aliphatic rings. The lowest BCUT2D eigenvalue weighted by Gasteiger charge is -2.19. The van der Waals surface area contributed by atoms with Crippen LogP contribution in [-0.2, 0) is 19.1 Å². The number of ether oxygens (including phenoxy) is 2. The highest BCUT2D eigenvalue weighted by Gasteiger charge is 2.11. The van der Waals surface area contributed by atoms with Gasteiger partial charge in [-0.2, -0.15) is 0 Å². The molecule has 0 heterocycles. The first kappa shape index (κ1) is 18.1. The number of ketones is 1. The number of Topliss-reactive ketones (excluding diaryl/α,β-unsaturated/α-hetero) is 1. The summed E-state index contributed by atoms with van der Waals surface area (Å²) in [5.41, 5.74) is -0.117. The van der Waals surface area contributed by atoms with Gasteiger partial charge >= 0.3 is 5.97 Å². The zero-order valence-corrected chi connectivity index (χ0v) is 13.0. The summed E-state index contributed by atoms with van der Waals surface area (Å²) in [6.45, 7) is 10.8. The summed E-state index contributed by atoms with van der Waals surface area (Å²) >= 11 is 0. The lowest BCUT2D eigenvalue weighted by molar-refractivity contribution is -0.145. The molecule has 0 unspecified atom stereocenters. The number of hydrogen-bond acceptors (Lipinski definition) is 4. The van der Waals surface area contributed by atoms with Crippen molar-refractivity contribution in [2.75, 3.05) is 13.2 Å². The second-order valence-electron chi connectivity index (χ2n) is 6.01. The molecule has 0 radical (unpaired) electrons. The van der Waals surface area contributed by atoms with Crippen molar-refractivity contribution in [1.82, 2.24) is 0 Å². The smallest absolute Gasteiger partial charge is 0.306 e. The molecule has 0 N–H and O–H groups in total. The molecule has 0 aromatic carbocycles. The molecular formula is C15H28O4. The molecule has 0 aromatic heterocycles. The normalized spacial score (nSPS) is 11.7. The predicted octanol–water partition coefficient (Wildman–Crippen LogP) is 3.13. The third kappa shape index (κ3) is 11.9. The Kier molecular flexibility index (Phi) is 8.65. The van der Waals surface area contributed by atoms with Crippen LogP contribution in [-0.4, -0.2) is 30.6 Å². The molecule has 0 spiro atoms. The number of unbranched alkanes of at least 4 members (excludes halogenated alkanes) is 1. The van der Waals surface area contributed by atoms with Crippen LogP contribution in [0.25, 0.3) is 0 Å². The van der Waals surface area contributed by atoms with Crippen LogP contribution in [0.3, 0.4) is 0 Å². The first-order valence-corrected chi connectivity index (χ1v) is 7.04. The Bertz CT molecular complexity index is 276. The Balaban J connectivity index is 3.47. The van der Waals surface area contributed by atoms with Gasteiger partial charge in [-0.3, -0.25) is 9.59 Å². The fourth-order valence-electron chi connectivity index (χ4n) is 1.35. The maximum atomic E-state index is 11.4. The molecule has 0 saturated heterocycles. The summed E-state index contributed by atoms with van der Waals surface area (Å²) in [6, 6.07) is 0. The third-order valence-electron chi connectivity index (χ3n) is 2.56. The topological polar surface area (TPSA) is 52.6 Å². The summed E-state index contributed by atoms with van der Waals surface area (Å²) in [5.74, 6) is -0.191. The van der Waals surface area contributed by atoms with Crippen LogP contribution < -0.4 is 0 Å². The van der Waals surface area contributed by atoms with Crippen LogP contribution in [0, 0.1) is 5.92 Å². The first-order chi connectivity index (χ1) is 8.72. The fraction of sp³-hybridized carbons (Fsp3) is 0.867. The molecule has 0 aliphatic carbocycles. The van der Waals surface area contributed by atoms with E-state index in [2.05, 4.69) is 0 Å². The summed E-state index contributed by atoms with van der Waals surface area (Å²) in [6.07, 6.45) is 2.13. The second-order valence-corrected chi connectivity index (χ2v) is 6.01. The molecule has 4 nitrogen and oxygen atoms in total. The SMILES string of the molecule is CC(C)C(=O)CCC(=O)OCCCCOC(C)(C)C. The van der Waals surface area contributed by atoms with Gasteiger partial charge in [-0.15, -0.1) is 0 Å². The largest absolute Gasteiger partial charge is 0.466 e. The van der Waals surface area contributed by atoms with Gasteiger partial charge in [-0.05, 0) is 33.6 Å². The average molecular weight is 272 g/mol. The van der Waals surface area contributed by atoms with E-state index in [1.807, 2.05) is 34.6 Å². The van der Waals surface area contributed by atoms with E-state index in [9.17, 15) is 9.59 Å². The van der Waals surface area contributed by atoms with E-state index in [1.165, 1.54) is 0 Å². The quantitative estimate of drug-likeness (QED) is 0.478. The Morgan fingerprint density at radius 3 is 2.11 bits per heavy atom. The predicted molar refractivity (Wildman–Crippen MR) is 75.0 cm³/mol. The number of rotatable bonds is 9. The van der Waals surface area contributed by atoms with Crippen LogP contribution in [0.4, 0.5) is 0 Å². The van der Waals surface area contributed by atoms with Crippen molar-refractivity contribution in [3.05, 3.63) is 0 Å². The van der Waals surface area contributed by atoms with Crippen LogP contribution in [0.5, 0.6) is 0 Å². The van der Waals surface area contributed by atoms with Crippen molar-refractivity contribution >= 4 is 11.8 Å². The maximum absolute atomic E-state index is 11.4. The summed E-state index contributed by atoms with van der Waals surface area (Å²) in [4.78, 5) is 22.7. The minimum Gasteiger partial charge on any atom is -0.466 e. The molecule has 0 saturated carbocycles. The molecule has 19 heavy (non-hydrogen) atoms. The molecule has 0 fully saturated rings. The standard InChI is InChI=1S/C15H28O4/c1-12(2)13(16)8-9-14(17)18-10-6-7-11-19-15(3,4)5/h12H,6-11H2,1-5H3. The monoisotopic (exact) mass is 272 g/mol. The van der Waals surface area contributed by atoms with Gasteiger partial charge in [0.25, 0.3) is 0 Å². The van der Waals surface area contributed by atoms with Gasteiger partial charge in [0, 0.05) is 18.9 Å². The zero-order valence-electron chi connectivity index (χ0n) is 13.0. The Hall–Kier alpha value is -0.900. The third-order valence-corrected chi connectivity index (χ3v) is 2.56. The van der Waals surface area contributed by atoms with Crippen LogP contribution in [0.2, 0.25) is 0 Å². The van der Waals surface area contributed by atoms with Crippen molar-refractivity contribution in [3.8, 4) is 0 Å². The molecule has 0 aromatic rings. The number of esters is 1. The zero-order chi connectivity index (χ0) is 14.9. The van der Waals surface area contributed by atoms with Crippen LogP contribution >= 0.6 is 0 Å². The van der Waals surface area contributed by atoms with E-state index >= 15 is 0 Å². The van der Waals surface area contributed by atoms with Crippen LogP contribution in [0.1, 0.15) is 60.3 Å². The second kappa shape index (κ2) is 9.08. The number of hydrogen-bond donors (Lipinski definition) is 0. The average Bonchev–Trinajstić information content (AvgIpc) is 2.28. The Morgan fingerprint density at radius 1 is 1.00 bits per heavy atom. The van der Waals surface area contributed by atoms with Gasteiger partial charge in [0.1, 0.15) is 5.78 Å². The van der Waals surface area contributed by atoms with Gasteiger partial charge in [0.15, 0.2) is 0 Å². The van der Waals surface area contributed by atoms with E-state index in [4.69, 9.17) is 9.47 Å². The van der Waals surface area contributed by atoms with E-state index in [-0.39, 0.29) is 36.1 Å². The van der Waals surface area contributed by atoms with Gasteiger partial charge in [0.05, 0.1) is 18.6 Å². The molecule has 112 valence electrons. The maximum Gasteiger partial charge on any atom is 0.306 e. The minimum absolute atomic E-state index is 0.0117. The highest BCUT2D eigenvalue weighted by molar-refractivity contribution is 5.84. The molecule has 0 aliphatic heterocycles. The molecule has 0 atom stereocenters. The summed E-state index contributed by atoms with van der Waals surface area (Å²) in [7, 11) is 0. The lowest BCUT2D eigenvalue weighted by Crippen LogP contribution is -2.20. The van der Waals surface area contributed by atoms with Gasteiger partial charge in [-0.25, -0.2) is 0 Å². The van der Waals surface area contributed by atoms with Crippen molar-refractivity contribution < 1.29 is 19.1 Å². The van der Waals surface area contributed by atoms with Crippen molar-refractivity contribution in [3.63, 3.8) is 0 Å². The molecular weight excluding hydrogens is 244 g/mol.